The van der Waals surface area contributed by atoms with Crippen LogP contribution in [-0.2, 0) is 13.6 Å². The van der Waals surface area contributed by atoms with Crippen molar-refractivity contribution < 1.29 is 35.5 Å². The Kier molecular flexibility index (Phi) is 7.85. The Labute approximate surface area is 131 Å². The third-order valence-electron chi connectivity index (χ3n) is 1.59. The molecule has 0 saturated heterocycles. The predicted molar refractivity (Wildman–Crippen MR) is 64.2 cm³/mol. The van der Waals surface area contributed by atoms with Gasteiger partial charge in [-0.15, -0.1) is 0 Å². The van der Waals surface area contributed by atoms with Crippen molar-refractivity contribution >= 4 is 39.8 Å². The third kappa shape index (κ3) is 52.0. The van der Waals surface area contributed by atoms with E-state index in [2.05, 4.69) is 34.8 Å². The fraction of sp³-hybridized carbons (Fsp3) is 0.625. The molecule has 15 heteroatoms. The summed E-state index contributed by atoms with van der Waals surface area (Å²) in [7, 11) is 2.04. The zero-order chi connectivity index (χ0) is 19.3. The summed E-state index contributed by atoms with van der Waals surface area (Å²) in [6, 6.07) is 0. The van der Waals surface area contributed by atoms with Crippen molar-refractivity contribution in [3.05, 3.63) is 18.7 Å². The summed E-state index contributed by atoms with van der Waals surface area (Å²) >= 11 is -20.4. The Balaban J connectivity index is 0. The molecule has 2 nitrogen and oxygen atoms in total. The molecule has 0 aromatic carbocycles. The maximum absolute atomic E-state index is 11.2. The minimum atomic E-state index is -11.2. The number of aromatic nitrogens is 2. The predicted octanol–water partition coefficient (Wildman–Crippen LogP) is 4.97. The molecule has 0 N–H and O–H groups in total. The summed E-state index contributed by atoms with van der Waals surface area (Å²) in [4.78, 5) is 0. The van der Waals surface area contributed by atoms with Gasteiger partial charge in [0.1, 0.15) is 12.4 Å². The van der Waals surface area contributed by atoms with Gasteiger partial charge < -0.3 is 0 Å². The summed E-state index contributed by atoms with van der Waals surface area (Å²) in [5.41, 5.74) is 0. The molecule has 0 bridgehead atoms. The maximum atomic E-state index is 9.93. The number of aryl methyl sites for hydroxylation is 2. The molecule has 0 aliphatic rings. The van der Waals surface area contributed by atoms with Gasteiger partial charge in [0.25, 0.3) is 0 Å². The quantitative estimate of drug-likeness (QED) is 0.267. The van der Waals surface area contributed by atoms with E-state index in [1.165, 1.54) is 12.8 Å². The van der Waals surface area contributed by atoms with Crippen LogP contribution in [0.1, 0.15) is 19.8 Å². The van der Waals surface area contributed by atoms with Gasteiger partial charge in [-0.05, 0) is 6.42 Å². The van der Waals surface area contributed by atoms with Crippen LogP contribution in [0.15, 0.2) is 18.7 Å². The zero-order valence-electron chi connectivity index (χ0n) is 11.8. The summed E-state index contributed by atoms with van der Waals surface area (Å²) in [5, 5.41) is 0. The van der Waals surface area contributed by atoms with Crippen LogP contribution in [0, 0.1) is 0 Å². The normalized spacial score (nSPS) is 16.5. The third-order valence-corrected chi connectivity index (χ3v) is 1.59. The Bertz CT molecular complexity index is 456. The molecule has 1 rings (SSSR count). The second-order valence-corrected chi connectivity index (χ2v) is 13.4. The fourth-order valence-electron chi connectivity index (χ4n) is 0.975. The van der Waals surface area contributed by atoms with Gasteiger partial charge in [0, 0.05) is 0 Å². The SMILES string of the molecule is CCCCn1cc[n+](C)c1.[F][Sb-]([F])([F])([F])([F])[F].[F][Sb]([F])([F])([F])[F]. The van der Waals surface area contributed by atoms with Crippen molar-refractivity contribution in [2.24, 2.45) is 7.05 Å². The van der Waals surface area contributed by atoms with E-state index in [-0.39, 0.29) is 0 Å². The standard InChI is InChI=1S/C8H15N2.11FH.2Sb/c1-3-4-5-10-7-6-9(2)8-10;;;;;;;;;;;;;/h6-8H,3-5H2,1-2H3;11*1H;;/q+1;;;;;;;;;;;;2*+5/p-11. The topological polar surface area (TPSA) is 8.81 Å². The van der Waals surface area contributed by atoms with Crippen LogP contribution in [0.25, 0.3) is 0 Å². The molecular formula is C8H15F11N2Sb2. The number of unbranched alkanes of at least 4 members (excludes halogenated alkanes) is 1. The first-order valence-electron chi connectivity index (χ1n) is 5.70. The van der Waals surface area contributed by atoms with Crippen LogP contribution < -0.4 is 4.57 Å². The summed E-state index contributed by atoms with van der Waals surface area (Å²) in [6.45, 7) is 3.36. The van der Waals surface area contributed by atoms with E-state index >= 15 is 0 Å². The van der Waals surface area contributed by atoms with E-state index < -0.39 is 39.8 Å². The summed E-state index contributed by atoms with van der Waals surface area (Å²) in [5.74, 6) is 0. The molecule has 1 aromatic rings. The van der Waals surface area contributed by atoms with Crippen LogP contribution in [0.4, 0.5) is 30.9 Å². The van der Waals surface area contributed by atoms with Gasteiger partial charge >= 0.3 is 70.7 Å². The minimum absolute atomic E-state index is 1.15. The van der Waals surface area contributed by atoms with E-state index in [0.29, 0.717) is 0 Å². The molecule has 0 fully saturated rings. The molecule has 23 heavy (non-hydrogen) atoms. The Hall–Kier alpha value is 0.0764. The number of imidazole rings is 1. The van der Waals surface area contributed by atoms with Gasteiger partial charge in [0.2, 0.25) is 6.33 Å². The number of rotatable bonds is 3. The molecule has 0 saturated carbocycles. The van der Waals surface area contributed by atoms with Crippen molar-refractivity contribution in [3.63, 3.8) is 0 Å². The monoisotopic (exact) mass is 590 g/mol. The molecule has 0 aliphatic heterocycles. The second-order valence-electron chi connectivity index (χ2n) is 4.27. The van der Waals surface area contributed by atoms with Gasteiger partial charge in [0.15, 0.2) is 0 Å². The van der Waals surface area contributed by atoms with Gasteiger partial charge in [-0.2, -0.15) is 0 Å². The molecular weight excluding hydrogens is 577 g/mol. The average Bonchev–Trinajstić information content (AvgIpc) is 2.52. The fourth-order valence-corrected chi connectivity index (χ4v) is 0.975. The van der Waals surface area contributed by atoms with Gasteiger partial charge in [-0.1, -0.05) is 13.3 Å². The number of hydrogen-bond acceptors (Lipinski definition) is 0. The molecule has 0 spiro atoms. The summed E-state index contributed by atoms with van der Waals surface area (Å²) in [6.07, 6.45) is 8.82. The van der Waals surface area contributed by atoms with Crippen molar-refractivity contribution in [2.75, 3.05) is 0 Å². The van der Waals surface area contributed by atoms with E-state index in [0.717, 1.165) is 6.54 Å². The molecule has 1 aromatic heterocycles. The zero-order valence-corrected chi connectivity index (χ0v) is 16.9. The van der Waals surface area contributed by atoms with Gasteiger partial charge in [-0.25, -0.2) is 9.13 Å². The van der Waals surface area contributed by atoms with Crippen LogP contribution in [-0.4, -0.2) is 44.3 Å². The Morgan fingerprint density at radius 3 is 1.52 bits per heavy atom. The van der Waals surface area contributed by atoms with Crippen LogP contribution >= 0.6 is 0 Å². The van der Waals surface area contributed by atoms with Crippen LogP contribution in [0.3, 0.4) is 0 Å². The first-order chi connectivity index (χ1) is 9.51. The second kappa shape index (κ2) is 7.13. The molecule has 144 valence electrons. The van der Waals surface area contributed by atoms with Crippen LogP contribution in [0.2, 0.25) is 0 Å². The van der Waals surface area contributed by atoms with E-state index in [1.807, 2.05) is 7.05 Å². The molecule has 0 radical (unpaired) electrons. The van der Waals surface area contributed by atoms with E-state index in [4.69, 9.17) is 0 Å². The first kappa shape index (κ1) is 25.3. The van der Waals surface area contributed by atoms with E-state index in [1.54, 1.807) is 0 Å². The Morgan fingerprint density at radius 1 is 0.957 bits per heavy atom. The van der Waals surface area contributed by atoms with E-state index in [9.17, 15) is 30.9 Å². The molecule has 0 atom stereocenters. The number of nitrogens with zero attached hydrogens (tertiary/aromatic N) is 2. The summed E-state index contributed by atoms with van der Waals surface area (Å²) < 4.78 is 113. The average molecular weight is 592 g/mol. The van der Waals surface area contributed by atoms with Crippen molar-refractivity contribution in [1.82, 2.24) is 4.57 Å². The number of hydrogen-bond donors (Lipinski definition) is 0. The van der Waals surface area contributed by atoms with Crippen molar-refractivity contribution in [2.45, 2.75) is 26.3 Å². The first-order valence-corrected chi connectivity index (χ1v) is 16.3. The molecule has 1 heterocycles. The molecule has 0 aliphatic carbocycles. The van der Waals surface area contributed by atoms with Gasteiger partial charge in [0.05, 0.1) is 13.6 Å². The Morgan fingerprint density at radius 2 is 1.30 bits per heavy atom. The van der Waals surface area contributed by atoms with Crippen molar-refractivity contribution in [1.29, 1.82) is 0 Å². The molecule has 0 amide bonds. The van der Waals surface area contributed by atoms with Crippen LogP contribution in [0.5, 0.6) is 0 Å². The molecule has 0 unspecified atom stereocenters. The van der Waals surface area contributed by atoms with Gasteiger partial charge in [-0.3, -0.25) is 0 Å². The number of halogens is 11. The van der Waals surface area contributed by atoms with Crippen molar-refractivity contribution in [3.8, 4) is 0 Å².